The molecule has 0 bridgehead atoms. The molecule has 2 N–H and O–H groups in total. The molecule has 0 saturated heterocycles. The SMILES string of the molecule is O=C(Nc1cccnc1)c1cc[nH]c(=O)c1. The maximum absolute atomic E-state index is 11.7. The van der Waals surface area contributed by atoms with Crippen molar-refractivity contribution in [3.05, 3.63) is 58.8 Å². The largest absolute Gasteiger partial charge is 0.329 e. The molecular weight excluding hydrogens is 206 g/mol. The van der Waals surface area contributed by atoms with Crippen molar-refractivity contribution in [2.45, 2.75) is 0 Å². The van der Waals surface area contributed by atoms with Crippen LogP contribution in [0.15, 0.2) is 47.7 Å². The molecule has 2 aromatic rings. The van der Waals surface area contributed by atoms with E-state index in [2.05, 4.69) is 15.3 Å². The Hall–Kier alpha value is -2.43. The van der Waals surface area contributed by atoms with Gasteiger partial charge in [0.15, 0.2) is 0 Å². The Labute approximate surface area is 91.2 Å². The fourth-order valence-corrected chi connectivity index (χ4v) is 1.23. The molecule has 5 nitrogen and oxygen atoms in total. The molecule has 80 valence electrons. The van der Waals surface area contributed by atoms with Gasteiger partial charge in [0.25, 0.3) is 5.91 Å². The lowest BCUT2D eigenvalue weighted by molar-refractivity contribution is 0.102. The Morgan fingerprint density at radius 3 is 2.94 bits per heavy atom. The number of amides is 1. The van der Waals surface area contributed by atoms with Gasteiger partial charge >= 0.3 is 0 Å². The summed E-state index contributed by atoms with van der Waals surface area (Å²) in [6.45, 7) is 0. The average molecular weight is 215 g/mol. The molecular formula is C11H9N3O2. The number of H-pyrrole nitrogens is 1. The maximum Gasteiger partial charge on any atom is 0.255 e. The van der Waals surface area contributed by atoms with E-state index >= 15 is 0 Å². The van der Waals surface area contributed by atoms with Gasteiger partial charge in [0, 0.05) is 24.0 Å². The molecule has 0 radical (unpaired) electrons. The number of nitrogens with one attached hydrogen (secondary N) is 2. The third-order valence-corrected chi connectivity index (χ3v) is 1.96. The van der Waals surface area contributed by atoms with Crippen molar-refractivity contribution in [2.24, 2.45) is 0 Å². The van der Waals surface area contributed by atoms with Crippen LogP contribution in [-0.2, 0) is 0 Å². The number of pyridine rings is 2. The molecule has 0 unspecified atom stereocenters. The summed E-state index contributed by atoms with van der Waals surface area (Å²) < 4.78 is 0. The highest BCUT2D eigenvalue weighted by Gasteiger charge is 2.05. The number of hydrogen-bond donors (Lipinski definition) is 2. The maximum atomic E-state index is 11.7. The minimum absolute atomic E-state index is 0.307. The predicted molar refractivity (Wildman–Crippen MR) is 59.3 cm³/mol. The van der Waals surface area contributed by atoms with Gasteiger partial charge in [-0.05, 0) is 18.2 Å². The van der Waals surface area contributed by atoms with Crippen LogP contribution in [0.2, 0.25) is 0 Å². The Morgan fingerprint density at radius 2 is 2.25 bits per heavy atom. The van der Waals surface area contributed by atoms with Crippen molar-refractivity contribution in [3.63, 3.8) is 0 Å². The number of rotatable bonds is 2. The molecule has 0 aromatic carbocycles. The van der Waals surface area contributed by atoms with E-state index in [4.69, 9.17) is 0 Å². The topological polar surface area (TPSA) is 74.8 Å². The van der Waals surface area contributed by atoms with Crippen LogP contribution in [0, 0.1) is 0 Å². The fraction of sp³-hybridized carbons (Fsp3) is 0. The van der Waals surface area contributed by atoms with Crippen LogP contribution in [-0.4, -0.2) is 15.9 Å². The van der Waals surface area contributed by atoms with E-state index in [1.807, 2.05) is 0 Å². The number of hydrogen-bond acceptors (Lipinski definition) is 3. The van der Waals surface area contributed by atoms with E-state index in [-0.39, 0.29) is 11.5 Å². The first-order valence-electron chi connectivity index (χ1n) is 4.66. The zero-order chi connectivity index (χ0) is 11.4. The quantitative estimate of drug-likeness (QED) is 0.785. The molecule has 0 saturated carbocycles. The second kappa shape index (κ2) is 4.39. The lowest BCUT2D eigenvalue weighted by Crippen LogP contribution is -2.15. The van der Waals surface area contributed by atoms with E-state index in [1.165, 1.54) is 24.5 Å². The Bertz CT molecular complexity index is 548. The van der Waals surface area contributed by atoms with Crippen LogP contribution in [0.4, 0.5) is 5.69 Å². The van der Waals surface area contributed by atoms with E-state index in [0.29, 0.717) is 11.3 Å². The Balaban J connectivity index is 2.18. The van der Waals surface area contributed by atoms with Gasteiger partial charge in [-0.15, -0.1) is 0 Å². The summed E-state index contributed by atoms with van der Waals surface area (Å²) in [7, 11) is 0. The summed E-state index contributed by atoms with van der Waals surface area (Å²) in [5.74, 6) is -0.334. The van der Waals surface area contributed by atoms with Gasteiger partial charge in [-0.2, -0.15) is 0 Å². The molecule has 0 aliphatic heterocycles. The third kappa shape index (κ3) is 2.33. The van der Waals surface area contributed by atoms with Gasteiger partial charge in [0.2, 0.25) is 5.56 Å². The molecule has 2 aromatic heterocycles. The standard InChI is InChI=1S/C11H9N3O2/c15-10-6-8(3-5-13-10)11(16)14-9-2-1-4-12-7-9/h1-7H,(H,13,15)(H,14,16). The summed E-state index contributed by atoms with van der Waals surface area (Å²) in [5.41, 5.74) is 0.597. The molecule has 0 atom stereocenters. The second-order valence-electron chi connectivity index (χ2n) is 3.14. The first-order chi connectivity index (χ1) is 7.75. The lowest BCUT2D eigenvalue weighted by Gasteiger charge is -2.03. The summed E-state index contributed by atoms with van der Waals surface area (Å²) >= 11 is 0. The first-order valence-corrected chi connectivity index (χ1v) is 4.66. The van der Waals surface area contributed by atoms with Crippen molar-refractivity contribution >= 4 is 11.6 Å². The molecule has 5 heteroatoms. The normalized spacial score (nSPS) is 9.75. The fourth-order valence-electron chi connectivity index (χ4n) is 1.23. The van der Waals surface area contributed by atoms with E-state index < -0.39 is 0 Å². The Morgan fingerprint density at radius 1 is 1.38 bits per heavy atom. The zero-order valence-corrected chi connectivity index (χ0v) is 8.31. The molecule has 1 amide bonds. The van der Waals surface area contributed by atoms with Crippen LogP contribution >= 0.6 is 0 Å². The molecule has 0 aliphatic carbocycles. The smallest absolute Gasteiger partial charge is 0.255 e. The van der Waals surface area contributed by atoms with Gasteiger partial charge in [-0.25, -0.2) is 0 Å². The summed E-state index contributed by atoms with van der Waals surface area (Å²) in [4.78, 5) is 29.0. The lowest BCUT2D eigenvalue weighted by atomic mass is 10.2. The second-order valence-corrected chi connectivity index (χ2v) is 3.14. The highest BCUT2D eigenvalue weighted by atomic mass is 16.2. The van der Waals surface area contributed by atoms with Crippen molar-refractivity contribution in [1.82, 2.24) is 9.97 Å². The molecule has 0 fully saturated rings. The summed E-state index contributed by atoms with van der Waals surface area (Å²) in [6, 6.07) is 6.21. The number of anilines is 1. The van der Waals surface area contributed by atoms with E-state index in [1.54, 1.807) is 18.3 Å². The third-order valence-electron chi connectivity index (χ3n) is 1.96. The first kappa shape index (κ1) is 10.1. The zero-order valence-electron chi connectivity index (χ0n) is 8.31. The average Bonchev–Trinajstić information content (AvgIpc) is 2.30. The predicted octanol–water partition coefficient (Wildman–Crippen LogP) is 1.02. The van der Waals surface area contributed by atoms with Crippen LogP contribution in [0.25, 0.3) is 0 Å². The van der Waals surface area contributed by atoms with Crippen molar-refractivity contribution in [3.8, 4) is 0 Å². The van der Waals surface area contributed by atoms with E-state index in [9.17, 15) is 9.59 Å². The number of nitrogens with zero attached hydrogens (tertiary/aromatic N) is 1. The van der Waals surface area contributed by atoms with Gasteiger partial charge in [-0.1, -0.05) is 0 Å². The monoisotopic (exact) mass is 215 g/mol. The highest BCUT2D eigenvalue weighted by molar-refractivity contribution is 6.03. The van der Waals surface area contributed by atoms with Gasteiger partial charge < -0.3 is 10.3 Å². The van der Waals surface area contributed by atoms with Crippen LogP contribution in [0.1, 0.15) is 10.4 Å². The molecule has 2 rings (SSSR count). The van der Waals surface area contributed by atoms with E-state index in [0.717, 1.165) is 0 Å². The van der Waals surface area contributed by atoms with Crippen LogP contribution in [0.5, 0.6) is 0 Å². The molecule has 16 heavy (non-hydrogen) atoms. The summed E-state index contributed by atoms with van der Waals surface area (Å²) in [5, 5.41) is 2.63. The number of aromatic nitrogens is 2. The number of aromatic amines is 1. The van der Waals surface area contributed by atoms with Crippen LogP contribution in [0.3, 0.4) is 0 Å². The Kier molecular flexibility index (Phi) is 2.77. The van der Waals surface area contributed by atoms with Gasteiger partial charge in [0.1, 0.15) is 0 Å². The molecule has 2 heterocycles. The molecule has 0 spiro atoms. The van der Waals surface area contributed by atoms with Crippen molar-refractivity contribution in [2.75, 3.05) is 5.32 Å². The van der Waals surface area contributed by atoms with Gasteiger partial charge in [-0.3, -0.25) is 14.6 Å². The summed E-state index contributed by atoms with van der Waals surface area (Å²) in [6.07, 6.45) is 4.58. The van der Waals surface area contributed by atoms with Crippen LogP contribution < -0.4 is 10.9 Å². The number of carbonyl (C=O) groups is 1. The highest BCUT2D eigenvalue weighted by Crippen LogP contribution is 2.05. The van der Waals surface area contributed by atoms with Crippen molar-refractivity contribution in [1.29, 1.82) is 0 Å². The minimum Gasteiger partial charge on any atom is -0.329 e. The van der Waals surface area contributed by atoms with Crippen molar-refractivity contribution < 1.29 is 4.79 Å². The van der Waals surface area contributed by atoms with Gasteiger partial charge in [0.05, 0.1) is 11.9 Å². The molecule has 0 aliphatic rings. The minimum atomic E-state index is -0.334. The number of carbonyl (C=O) groups excluding carboxylic acids is 1.